The number of nitrogens with zero attached hydrogens (tertiary/aromatic N) is 1. The molecule has 1 fully saturated rings. The van der Waals surface area contributed by atoms with E-state index in [9.17, 15) is 4.79 Å². The van der Waals surface area contributed by atoms with E-state index in [0.717, 1.165) is 25.1 Å². The molecule has 0 aliphatic carbocycles. The van der Waals surface area contributed by atoms with Crippen molar-refractivity contribution >= 4 is 17.7 Å². The van der Waals surface area contributed by atoms with Gasteiger partial charge in [-0.05, 0) is 49.9 Å². The molecule has 0 bridgehead atoms. The van der Waals surface area contributed by atoms with Crippen molar-refractivity contribution < 1.29 is 14.6 Å². The van der Waals surface area contributed by atoms with Crippen LogP contribution >= 0.6 is 11.8 Å². The SMILES string of the molecule is CSc1ccc(OCCN2CCC[C@H]2C(=O)O)cc1. The number of thioether (sulfide) groups is 1. The summed E-state index contributed by atoms with van der Waals surface area (Å²) in [5.74, 6) is 0.116. The summed E-state index contributed by atoms with van der Waals surface area (Å²) in [4.78, 5) is 14.2. The summed E-state index contributed by atoms with van der Waals surface area (Å²) in [6, 6.07) is 7.61. The molecular weight excluding hydrogens is 262 g/mol. The van der Waals surface area contributed by atoms with E-state index in [-0.39, 0.29) is 6.04 Å². The van der Waals surface area contributed by atoms with Gasteiger partial charge in [0.15, 0.2) is 0 Å². The average molecular weight is 281 g/mol. The first kappa shape index (κ1) is 14.2. The summed E-state index contributed by atoms with van der Waals surface area (Å²) in [7, 11) is 0. The maximum Gasteiger partial charge on any atom is 0.320 e. The Morgan fingerprint density at radius 1 is 1.47 bits per heavy atom. The summed E-state index contributed by atoms with van der Waals surface area (Å²) in [5.41, 5.74) is 0. The van der Waals surface area contributed by atoms with Crippen molar-refractivity contribution in [3.63, 3.8) is 0 Å². The van der Waals surface area contributed by atoms with Gasteiger partial charge < -0.3 is 9.84 Å². The molecule has 0 amide bonds. The van der Waals surface area contributed by atoms with Crippen molar-refractivity contribution in [1.29, 1.82) is 0 Å². The maximum atomic E-state index is 11.0. The fourth-order valence-electron chi connectivity index (χ4n) is 2.33. The molecule has 1 aromatic rings. The summed E-state index contributed by atoms with van der Waals surface area (Å²) >= 11 is 1.70. The number of hydrogen-bond acceptors (Lipinski definition) is 4. The highest BCUT2D eigenvalue weighted by Gasteiger charge is 2.29. The van der Waals surface area contributed by atoms with Crippen molar-refractivity contribution in [2.24, 2.45) is 0 Å². The topological polar surface area (TPSA) is 49.8 Å². The predicted octanol–water partition coefficient (Wildman–Crippen LogP) is 2.34. The maximum absolute atomic E-state index is 11.0. The second-order valence-corrected chi connectivity index (χ2v) is 5.44. The van der Waals surface area contributed by atoms with Crippen LogP contribution in [0.25, 0.3) is 0 Å². The zero-order valence-electron chi connectivity index (χ0n) is 11.0. The summed E-state index contributed by atoms with van der Waals surface area (Å²) in [6.45, 7) is 2.05. The van der Waals surface area contributed by atoms with Gasteiger partial charge in [0.2, 0.25) is 0 Å². The highest BCUT2D eigenvalue weighted by atomic mass is 32.2. The average Bonchev–Trinajstić information content (AvgIpc) is 2.88. The van der Waals surface area contributed by atoms with Crippen LogP contribution in [-0.4, -0.2) is 48.0 Å². The van der Waals surface area contributed by atoms with Gasteiger partial charge >= 0.3 is 5.97 Å². The Hall–Kier alpha value is -1.20. The molecule has 0 aromatic heterocycles. The standard InChI is InChI=1S/C14H19NO3S/c1-19-12-6-4-11(5-7-12)18-10-9-15-8-2-3-13(15)14(16)17/h4-7,13H,2-3,8-10H2,1H3,(H,16,17)/t13-/m0/s1. The Labute approximate surface area is 117 Å². The van der Waals surface area contributed by atoms with Gasteiger partial charge in [-0.3, -0.25) is 9.69 Å². The molecular formula is C14H19NO3S. The number of ether oxygens (including phenoxy) is 1. The second kappa shape index (κ2) is 6.82. The van der Waals surface area contributed by atoms with Gasteiger partial charge in [-0.15, -0.1) is 11.8 Å². The number of carboxylic acids is 1. The predicted molar refractivity (Wildman–Crippen MR) is 75.9 cm³/mol. The van der Waals surface area contributed by atoms with Gasteiger partial charge in [0, 0.05) is 11.4 Å². The zero-order valence-corrected chi connectivity index (χ0v) is 11.9. The number of benzene rings is 1. The first-order valence-corrected chi connectivity index (χ1v) is 7.67. The fourth-order valence-corrected chi connectivity index (χ4v) is 2.73. The van der Waals surface area contributed by atoms with Crippen LogP contribution in [0.4, 0.5) is 0 Å². The van der Waals surface area contributed by atoms with E-state index in [0.29, 0.717) is 13.2 Å². The lowest BCUT2D eigenvalue weighted by atomic mass is 10.2. The van der Waals surface area contributed by atoms with Crippen LogP contribution in [0.1, 0.15) is 12.8 Å². The molecule has 1 saturated heterocycles. The normalized spacial score (nSPS) is 19.5. The fraction of sp³-hybridized carbons (Fsp3) is 0.500. The number of carbonyl (C=O) groups is 1. The smallest absolute Gasteiger partial charge is 0.320 e. The molecule has 1 aliphatic heterocycles. The van der Waals surface area contributed by atoms with Gasteiger partial charge in [-0.1, -0.05) is 0 Å². The van der Waals surface area contributed by atoms with E-state index in [2.05, 4.69) is 0 Å². The third kappa shape index (κ3) is 3.88. The van der Waals surface area contributed by atoms with Gasteiger partial charge in [0.25, 0.3) is 0 Å². The Morgan fingerprint density at radius 2 is 2.21 bits per heavy atom. The largest absolute Gasteiger partial charge is 0.492 e. The molecule has 0 saturated carbocycles. The Balaban J connectivity index is 1.78. The molecule has 1 heterocycles. The van der Waals surface area contributed by atoms with E-state index in [1.807, 2.05) is 35.4 Å². The number of hydrogen-bond donors (Lipinski definition) is 1. The number of likely N-dealkylation sites (tertiary alicyclic amines) is 1. The van der Waals surface area contributed by atoms with E-state index >= 15 is 0 Å². The molecule has 19 heavy (non-hydrogen) atoms. The second-order valence-electron chi connectivity index (χ2n) is 4.56. The summed E-state index contributed by atoms with van der Waals surface area (Å²) in [6.07, 6.45) is 3.74. The van der Waals surface area contributed by atoms with Gasteiger partial charge in [-0.25, -0.2) is 0 Å². The van der Waals surface area contributed by atoms with Crippen LogP contribution in [0.3, 0.4) is 0 Å². The first-order valence-electron chi connectivity index (χ1n) is 6.44. The van der Waals surface area contributed by atoms with E-state index in [1.165, 1.54) is 4.90 Å². The van der Waals surface area contributed by atoms with E-state index in [1.54, 1.807) is 11.8 Å². The highest BCUT2D eigenvalue weighted by molar-refractivity contribution is 7.98. The van der Waals surface area contributed by atoms with Crippen molar-refractivity contribution in [3.05, 3.63) is 24.3 Å². The van der Waals surface area contributed by atoms with Gasteiger partial charge in [-0.2, -0.15) is 0 Å². The van der Waals surface area contributed by atoms with Crippen LogP contribution in [-0.2, 0) is 4.79 Å². The lowest BCUT2D eigenvalue weighted by Crippen LogP contribution is -2.38. The van der Waals surface area contributed by atoms with Crippen LogP contribution < -0.4 is 4.74 Å². The van der Waals surface area contributed by atoms with Crippen LogP contribution in [0, 0.1) is 0 Å². The highest BCUT2D eigenvalue weighted by Crippen LogP contribution is 2.20. The van der Waals surface area contributed by atoms with Crippen LogP contribution in [0.15, 0.2) is 29.2 Å². The quantitative estimate of drug-likeness (QED) is 0.811. The Bertz CT molecular complexity index is 421. The third-order valence-corrected chi connectivity index (χ3v) is 4.10. The molecule has 1 aliphatic rings. The first-order chi connectivity index (χ1) is 9.20. The molecule has 1 aromatic carbocycles. The lowest BCUT2D eigenvalue weighted by molar-refractivity contribution is -0.142. The molecule has 0 spiro atoms. The van der Waals surface area contributed by atoms with E-state index in [4.69, 9.17) is 9.84 Å². The minimum Gasteiger partial charge on any atom is -0.492 e. The van der Waals surface area contributed by atoms with Crippen molar-refractivity contribution in [3.8, 4) is 5.75 Å². The third-order valence-electron chi connectivity index (χ3n) is 3.36. The number of aliphatic carboxylic acids is 1. The number of rotatable bonds is 6. The Kier molecular flexibility index (Phi) is 5.10. The number of carboxylic acid groups (broad SMARTS) is 1. The Morgan fingerprint density at radius 3 is 2.84 bits per heavy atom. The van der Waals surface area contributed by atoms with Crippen LogP contribution in [0.2, 0.25) is 0 Å². The lowest BCUT2D eigenvalue weighted by Gasteiger charge is -2.20. The van der Waals surface area contributed by atoms with Crippen molar-refractivity contribution in [1.82, 2.24) is 4.90 Å². The molecule has 0 radical (unpaired) electrons. The van der Waals surface area contributed by atoms with Gasteiger partial charge in [0.1, 0.15) is 18.4 Å². The monoisotopic (exact) mass is 281 g/mol. The molecule has 0 unspecified atom stereocenters. The molecule has 2 rings (SSSR count). The molecule has 1 atom stereocenters. The molecule has 1 N–H and O–H groups in total. The zero-order chi connectivity index (χ0) is 13.7. The van der Waals surface area contributed by atoms with Gasteiger partial charge in [0.05, 0.1) is 0 Å². The van der Waals surface area contributed by atoms with E-state index < -0.39 is 5.97 Å². The summed E-state index contributed by atoms with van der Waals surface area (Å²) in [5, 5.41) is 9.07. The van der Waals surface area contributed by atoms with Crippen LogP contribution in [0.5, 0.6) is 5.75 Å². The minimum absolute atomic E-state index is 0.331. The van der Waals surface area contributed by atoms with Crippen molar-refractivity contribution in [2.45, 2.75) is 23.8 Å². The molecule has 4 nitrogen and oxygen atoms in total. The molecule has 5 heteroatoms. The van der Waals surface area contributed by atoms with Crippen molar-refractivity contribution in [2.75, 3.05) is 26.0 Å². The molecule has 104 valence electrons. The minimum atomic E-state index is -0.721. The summed E-state index contributed by atoms with van der Waals surface area (Å²) < 4.78 is 5.65.